The van der Waals surface area contributed by atoms with Gasteiger partial charge in [0, 0.05) is 25.7 Å². The van der Waals surface area contributed by atoms with Gasteiger partial charge in [0.15, 0.2) is 0 Å². The highest BCUT2D eigenvalue weighted by molar-refractivity contribution is 6.21. The summed E-state index contributed by atoms with van der Waals surface area (Å²) in [5, 5.41) is 6.35. The van der Waals surface area contributed by atoms with E-state index in [1.54, 1.807) is 12.1 Å². The molecule has 0 atom stereocenters. The number of imidazole rings is 1. The van der Waals surface area contributed by atoms with Crippen LogP contribution in [0.25, 0.3) is 82.4 Å². The zero-order valence-corrected chi connectivity index (χ0v) is 27.5. The van der Waals surface area contributed by atoms with E-state index >= 15 is 0 Å². The highest BCUT2D eigenvalue weighted by Crippen LogP contribution is 2.51. The summed E-state index contributed by atoms with van der Waals surface area (Å²) in [4.78, 5) is 4.90. The van der Waals surface area contributed by atoms with Crippen molar-refractivity contribution in [1.29, 1.82) is 0 Å². The Morgan fingerprint density at radius 1 is 0.560 bits per heavy atom. The summed E-state index contributed by atoms with van der Waals surface area (Å²) in [6, 6.07) is 51.0. The van der Waals surface area contributed by atoms with Gasteiger partial charge in [-0.3, -0.25) is 4.57 Å². The fourth-order valence-electron chi connectivity index (χ4n) is 8.31. The van der Waals surface area contributed by atoms with Crippen LogP contribution in [0.3, 0.4) is 0 Å². The fraction of sp³-hybridized carbons (Fsp3) is 0.104. The van der Waals surface area contributed by atoms with E-state index < -0.39 is 19.1 Å². The molecule has 2 nitrogen and oxygen atoms in total. The molecule has 10 rings (SSSR count). The van der Waals surface area contributed by atoms with Gasteiger partial charge in [0.25, 0.3) is 0 Å². The third-order valence-corrected chi connectivity index (χ3v) is 10.6. The van der Waals surface area contributed by atoms with Crippen molar-refractivity contribution in [2.45, 2.75) is 32.5 Å². The van der Waals surface area contributed by atoms with Crippen LogP contribution in [-0.4, -0.2) is 9.55 Å². The first-order chi connectivity index (χ1) is 27.0. The smallest absolute Gasteiger partial charge is 0.114 e. The van der Waals surface area contributed by atoms with Gasteiger partial charge in [-0.15, -0.1) is 0 Å². The van der Waals surface area contributed by atoms with Crippen molar-refractivity contribution in [2.24, 2.45) is 0 Å². The Bertz CT molecular complexity index is 2990. The van der Waals surface area contributed by atoms with Crippen molar-refractivity contribution in [1.82, 2.24) is 9.55 Å². The van der Waals surface area contributed by atoms with Gasteiger partial charge in [-0.05, 0) is 113 Å². The molecule has 2 heteroatoms. The van der Waals surface area contributed by atoms with Gasteiger partial charge >= 0.3 is 0 Å². The van der Waals surface area contributed by atoms with Gasteiger partial charge in [-0.1, -0.05) is 136 Å². The maximum atomic E-state index is 8.78. The van der Waals surface area contributed by atoms with E-state index in [9.17, 15) is 0 Å². The zero-order valence-electron chi connectivity index (χ0n) is 33.5. The molecule has 8 aromatic carbocycles. The molecule has 1 aliphatic rings. The lowest BCUT2D eigenvalue weighted by Crippen LogP contribution is -2.14. The number of fused-ring (bicyclic) bond motifs is 7. The molecule has 0 N–H and O–H groups in total. The Balaban J connectivity index is 1.18. The molecular weight excluding hydrogens is 605 g/mol. The Hall–Kier alpha value is -5.99. The lowest BCUT2D eigenvalue weighted by molar-refractivity contribution is 0.660. The van der Waals surface area contributed by atoms with Crippen LogP contribution in [-0.2, 0) is 11.8 Å². The van der Waals surface area contributed by atoms with Gasteiger partial charge in [-0.2, -0.15) is 0 Å². The fourth-order valence-corrected chi connectivity index (χ4v) is 8.31. The molecule has 0 aliphatic heterocycles. The lowest BCUT2D eigenvalue weighted by Gasteiger charge is -2.23. The van der Waals surface area contributed by atoms with E-state index in [0.29, 0.717) is 22.3 Å². The standard InChI is InChI=1S/C48H36N2/c1-4-45-49-43-19-11-12-20-44(43)50(45)34-25-23-30-27-32(22-21-31(30)28-34)46-37-14-5-7-16-39(37)47(40-17-8-6-15-38(40)46)33-24-26-36-35-13-9-10-18-41(35)48(2,3)42(36)29-33/h5-29H,4H2,1-3H3/i2D3,3D3. The molecule has 0 saturated heterocycles. The van der Waals surface area contributed by atoms with Gasteiger partial charge in [0.2, 0.25) is 0 Å². The van der Waals surface area contributed by atoms with Gasteiger partial charge < -0.3 is 0 Å². The summed E-state index contributed by atoms with van der Waals surface area (Å²) in [5.74, 6) is 1.02. The third kappa shape index (κ3) is 4.12. The van der Waals surface area contributed by atoms with Crippen molar-refractivity contribution in [2.75, 3.05) is 0 Å². The van der Waals surface area contributed by atoms with Gasteiger partial charge in [0.05, 0.1) is 11.0 Å². The van der Waals surface area contributed by atoms with E-state index in [-0.39, 0.29) is 0 Å². The molecule has 1 aromatic heterocycles. The number of aromatic nitrogens is 2. The van der Waals surface area contributed by atoms with Crippen LogP contribution in [0, 0.1) is 0 Å². The first-order valence-corrected chi connectivity index (χ1v) is 17.2. The second kappa shape index (κ2) is 10.8. The van der Waals surface area contributed by atoms with Crippen LogP contribution in [0.4, 0.5) is 0 Å². The highest BCUT2D eigenvalue weighted by Gasteiger charge is 2.35. The molecule has 0 radical (unpaired) electrons. The molecule has 0 spiro atoms. The second-order valence-corrected chi connectivity index (χ2v) is 13.3. The van der Waals surface area contributed by atoms with E-state index in [2.05, 4.69) is 90.4 Å². The summed E-state index contributed by atoms with van der Waals surface area (Å²) in [5.41, 5.74) is 6.82. The van der Waals surface area contributed by atoms with Crippen LogP contribution in [0.1, 0.15) is 45.8 Å². The maximum Gasteiger partial charge on any atom is 0.114 e. The van der Waals surface area contributed by atoms with Gasteiger partial charge in [0.1, 0.15) is 5.82 Å². The molecule has 0 bridgehead atoms. The summed E-state index contributed by atoms with van der Waals surface area (Å²) < 4.78 is 54.9. The highest BCUT2D eigenvalue weighted by atomic mass is 15.1. The number of hydrogen-bond acceptors (Lipinski definition) is 1. The molecule has 0 saturated carbocycles. The van der Waals surface area contributed by atoms with Gasteiger partial charge in [-0.25, -0.2) is 4.98 Å². The van der Waals surface area contributed by atoms with Crippen LogP contribution in [0.15, 0.2) is 152 Å². The molecule has 0 fully saturated rings. The Morgan fingerprint density at radius 2 is 1.14 bits per heavy atom. The minimum atomic E-state index is -2.84. The summed E-state index contributed by atoms with van der Waals surface area (Å²) in [6.45, 7) is -3.54. The maximum absolute atomic E-state index is 8.78. The van der Waals surface area contributed by atoms with E-state index in [4.69, 9.17) is 13.2 Å². The zero-order chi connectivity index (χ0) is 38.6. The Morgan fingerprint density at radius 3 is 1.86 bits per heavy atom. The van der Waals surface area contributed by atoms with E-state index in [1.807, 2.05) is 60.7 Å². The third-order valence-electron chi connectivity index (χ3n) is 10.6. The largest absolute Gasteiger partial charge is 0.296 e. The quantitative estimate of drug-likeness (QED) is 0.174. The second-order valence-electron chi connectivity index (χ2n) is 13.3. The molecule has 1 aliphatic carbocycles. The summed E-state index contributed by atoms with van der Waals surface area (Å²) >= 11 is 0. The number of rotatable bonds is 4. The Labute approximate surface area is 300 Å². The molecule has 9 aromatic rings. The van der Waals surface area contributed by atoms with Crippen molar-refractivity contribution in [3.05, 3.63) is 169 Å². The van der Waals surface area contributed by atoms with Crippen LogP contribution in [0.2, 0.25) is 0 Å². The normalized spacial score (nSPS) is 15.6. The average molecular weight is 647 g/mol. The summed E-state index contributed by atoms with van der Waals surface area (Å²) in [7, 11) is 0. The SMILES string of the molecule is [2H]C([2H])([2H])C1(C([2H])([2H])[2H])c2ccccc2-c2ccc(-c3c4ccccc4c(-c4ccc5cc(-n6c(CC)nc7ccccc76)ccc5c4)c4ccccc34)cc21. The molecule has 50 heavy (non-hydrogen) atoms. The molecule has 0 amide bonds. The first kappa shape index (κ1) is 23.4. The van der Waals surface area contributed by atoms with E-state index in [1.165, 1.54) is 0 Å². The summed E-state index contributed by atoms with van der Waals surface area (Å²) in [6.07, 6.45) is 0.820. The number of aryl methyl sites for hydroxylation is 1. The molecular formula is C48H36N2. The first-order valence-electron chi connectivity index (χ1n) is 20.2. The monoisotopic (exact) mass is 646 g/mol. The van der Waals surface area contributed by atoms with Crippen molar-refractivity contribution in [3.8, 4) is 39.1 Å². The number of hydrogen-bond donors (Lipinski definition) is 0. The predicted octanol–water partition coefficient (Wildman–Crippen LogP) is 12.7. The van der Waals surface area contributed by atoms with Crippen molar-refractivity contribution >= 4 is 43.4 Å². The Kier molecular flexibility index (Phi) is 5.03. The number of benzene rings is 8. The predicted molar refractivity (Wildman–Crippen MR) is 211 cm³/mol. The molecule has 0 unspecified atom stereocenters. The minimum Gasteiger partial charge on any atom is -0.296 e. The molecule has 1 heterocycles. The van der Waals surface area contributed by atoms with Crippen LogP contribution < -0.4 is 0 Å². The average Bonchev–Trinajstić information content (AvgIpc) is 3.73. The lowest BCUT2D eigenvalue weighted by atomic mass is 9.80. The van der Waals surface area contributed by atoms with Crippen LogP contribution >= 0.6 is 0 Å². The number of nitrogens with zero attached hydrogens (tertiary/aromatic N) is 2. The number of para-hydroxylation sites is 2. The van der Waals surface area contributed by atoms with Crippen molar-refractivity contribution < 1.29 is 8.22 Å². The van der Waals surface area contributed by atoms with Crippen molar-refractivity contribution in [3.63, 3.8) is 0 Å². The molecule has 238 valence electrons. The topological polar surface area (TPSA) is 17.8 Å². The minimum absolute atomic E-state index is 0.317. The van der Waals surface area contributed by atoms with Crippen LogP contribution in [0.5, 0.6) is 0 Å². The van der Waals surface area contributed by atoms with E-state index in [0.717, 1.165) is 83.5 Å².